The second-order valence-electron chi connectivity index (χ2n) is 4.26. The van der Waals surface area contributed by atoms with E-state index in [0.717, 1.165) is 10.6 Å². The molecule has 0 saturated heterocycles. The lowest BCUT2D eigenvalue weighted by atomic mass is 10.2. The molecule has 0 spiro atoms. The van der Waals surface area contributed by atoms with Crippen LogP contribution in [0.3, 0.4) is 0 Å². The fourth-order valence-electron chi connectivity index (χ4n) is 1.74. The molecule has 2 aromatic heterocycles. The van der Waals surface area contributed by atoms with Crippen LogP contribution in [0.1, 0.15) is 33.9 Å². The molecule has 0 aliphatic heterocycles. The number of nitrogens with zero attached hydrogens (tertiary/aromatic N) is 1. The monoisotopic (exact) mass is 295 g/mol. The number of nitrogens with two attached hydrogens (primary N) is 1. The van der Waals surface area contributed by atoms with Crippen LogP contribution in [-0.4, -0.2) is 10.9 Å². The van der Waals surface area contributed by atoms with Gasteiger partial charge in [0.1, 0.15) is 5.82 Å². The third-order valence-corrected chi connectivity index (χ3v) is 4.02. The highest BCUT2D eigenvalue weighted by atomic mass is 35.5. The first-order chi connectivity index (χ1) is 8.95. The number of amides is 1. The summed E-state index contributed by atoms with van der Waals surface area (Å²) in [6, 6.07) is 6.90. The molecular weight excluding hydrogens is 282 g/mol. The number of anilines is 1. The van der Waals surface area contributed by atoms with Crippen molar-refractivity contribution in [3.05, 3.63) is 44.7 Å². The summed E-state index contributed by atoms with van der Waals surface area (Å²) in [7, 11) is 0. The summed E-state index contributed by atoms with van der Waals surface area (Å²) in [6.07, 6.45) is 0. The van der Waals surface area contributed by atoms with Gasteiger partial charge in [-0.3, -0.25) is 4.79 Å². The molecule has 2 aromatic rings. The van der Waals surface area contributed by atoms with Gasteiger partial charge in [0.25, 0.3) is 5.91 Å². The Bertz CT molecular complexity index is 591. The average Bonchev–Trinajstić information content (AvgIpc) is 2.74. The summed E-state index contributed by atoms with van der Waals surface area (Å²) in [5.41, 5.74) is 6.87. The lowest BCUT2D eigenvalue weighted by molar-refractivity contribution is 0.0940. The molecule has 1 amide bonds. The molecule has 19 heavy (non-hydrogen) atoms. The van der Waals surface area contributed by atoms with Crippen molar-refractivity contribution in [2.75, 3.05) is 5.73 Å². The number of pyridine rings is 1. The average molecular weight is 296 g/mol. The lowest BCUT2D eigenvalue weighted by Gasteiger charge is -2.12. The first-order valence-electron chi connectivity index (χ1n) is 5.76. The van der Waals surface area contributed by atoms with Crippen molar-refractivity contribution < 1.29 is 4.79 Å². The third-order valence-electron chi connectivity index (χ3n) is 2.60. The molecule has 0 saturated carbocycles. The third kappa shape index (κ3) is 3.45. The van der Waals surface area contributed by atoms with Crippen LogP contribution in [0.5, 0.6) is 0 Å². The van der Waals surface area contributed by atoms with E-state index >= 15 is 0 Å². The Kier molecular flexibility index (Phi) is 4.07. The maximum Gasteiger partial charge on any atom is 0.251 e. The van der Waals surface area contributed by atoms with Crippen LogP contribution in [0, 0.1) is 6.92 Å². The van der Waals surface area contributed by atoms with Gasteiger partial charge in [0.2, 0.25) is 0 Å². The maximum absolute atomic E-state index is 12.1. The number of hydrogen-bond donors (Lipinski definition) is 2. The molecule has 2 rings (SSSR count). The zero-order chi connectivity index (χ0) is 14.0. The van der Waals surface area contributed by atoms with E-state index in [2.05, 4.69) is 10.3 Å². The quantitative estimate of drug-likeness (QED) is 0.914. The molecule has 3 N–H and O–H groups in total. The van der Waals surface area contributed by atoms with E-state index < -0.39 is 0 Å². The Hall–Kier alpha value is -1.59. The highest BCUT2D eigenvalue weighted by Gasteiger charge is 2.14. The van der Waals surface area contributed by atoms with Crippen LogP contribution in [-0.2, 0) is 0 Å². The Morgan fingerprint density at radius 3 is 2.79 bits per heavy atom. The van der Waals surface area contributed by atoms with Crippen molar-refractivity contribution in [2.45, 2.75) is 19.9 Å². The standard InChI is InChI=1S/C13H14ClN3OS/c1-7-5-9(6-12(15)16-7)13(18)17-8(2)10-3-4-11(14)19-10/h3-6,8H,1-2H3,(H2,15,16)(H,17,18). The summed E-state index contributed by atoms with van der Waals surface area (Å²) in [5.74, 6) is 0.172. The van der Waals surface area contributed by atoms with Gasteiger partial charge in [-0.05, 0) is 38.1 Å². The van der Waals surface area contributed by atoms with Gasteiger partial charge in [0.05, 0.1) is 10.4 Å². The molecule has 2 heterocycles. The number of aryl methyl sites for hydroxylation is 1. The van der Waals surface area contributed by atoms with Crippen molar-refractivity contribution in [3.63, 3.8) is 0 Å². The largest absolute Gasteiger partial charge is 0.384 e. The van der Waals surface area contributed by atoms with Gasteiger partial charge in [-0.1, -0.05) is 11.6 Å². The molecule has 0 aliphatic rings. The molecule has 0 fully saturated rings. The van der Waals surface area contributed by atoms with Crippen LogP contribution in [0.4, 0.5) is 5.82 Å². The van der Waals surface area contributed by atoms with E-state index in [9.17, 15) is 4.79 Å². The smallest absolute Gasteiger partial charge is 0.251 e. The van der Waals surface area contributed by atoms with Crippen LogP contribution >= 0.6 is 22.9 Å². The molecule has 1 unspecified atom stereocenters. The van der Waals surface area contributed by atoms with Crippen molar-refractivity contribution in [1.29, 1.82) is 0 Å². The normalized spacial score (nSPS) is 12.2. The van der Waals surface area contributed by atoms with Gasteiger partial charge in [-0.15, -0.1) is 11.3 Å². The number of hydrogen-bond acceptors (Lipinski definition) is 4. The highest BCUT2D eigenvalue weighted by molar-refractivity contribution is 7.16. The number of aromatic nitrogens is 1. The fraction of sp³-hybridized carbons (Fsp3) is 0.231. The van der Waals surface area contributed by atoms with E-state index in [1.54, 1.807) is 19.1 Å². The van der Waals surface area contributed by atoms with Crippen LogP contribution < -0.4 is 11.1 Å². The molecule has 1 atom stereocenters. The van der Waals surface area contributed by atoms with Gasteiger partial charge in [0, 0.05) is 16.1 Å². The van der Waals surface area contributed by atoms with Gasteiger partial charge in [-0.25, -0.2) is 4.98 Å². The molecular formula is C13H14ClN3OS. The van der Waals surface area contributed by atoms with Crippen molar-refractivity contribution >= 4 is 34.7 Å². The zero-order valence-corrected chi connectivity index (χ0v) is 12.2. The SMILES string of the molecule is Cc1cc(C(=O)NC(C)c2ccc(Cl)s2)cc(N)n1. The topological polar surface area (TPSA) is 68.0 Å². The number of carbonyl (C=O) groups excluding carboxylic acids is 1. The summed E-state index contributed by atoms with van der Waals surface area (Å²) >= 11 is 7.33. The minimum absolute atomic E-state index is 0.0975. The fourth-order valence-corrected chi connectivity index (χ4v) is 2.80. The van der Waals surface area contributed by atoms with E-state index in [4.69, 9.17) is 17.3 Å². The first-order valence-corrected chi connectivity index (χ1v) is 6.95. The zero-order valence-electron chi connectivity index (χ0n) is 10.6. The van der Waals surface area contributed by atoms with Gasteiger partial charge >= 0.3 is 0 Å². The lowest BCUT2D eigenvalue weighted by Crippen LogP contribution is -2.26. The number of nitrogens with one attached hydrogen (secondary N) is 1. The number of nitrogen functional groups attached to an aromatic ring is 1. The van der Waals surface area contributed by atoms with E-state index in [1.807, 2.05) is 19.1 Å². The molecule has 0 aromatic carbocycles. The molecule has 0 aliphatic carbocycles. The second kappa shape index (κ2) is 5.59. The summed E-state index contributed by atoms with van der Waals surface area (Å²) in [5, 5.41) is 2.91. The van der Waals surface area contributed by atoms with Gasteiger partial charge in [0.15, 0.2) is 0 Å². The molecule has 0 radical (unpaired) electrons. The number of halogens is 1. The molecule has 6 heteroatoms. The van der Waals surface area contributed by atoms with E-state index in [1.165, 1.54) is 11.3 Å². The Morgan fingerprint density at radius 2 is 2.21 bits per heavy atom. The van der Waals surface area contributed by atoms with Crippen LogP contribution in [0.25, 0.3) is 0 Å². The second-order valence-corrected chi connectivity index (χ2v) is 6.01. The minimum atomic E-state index is -0.172. The summed E-state index contributed by atoms with van der Waals surface area (Å²) in [6.45, 7) is 3.72. The Labute approximate surface area is 120 Å². The van der Waals surface area contributed by atoms with Gasteiger partial charge in [-0.2, -0.15) is 0 Å². The molecule has 4 nitrogen and oxygen atoms in total. The Balaban J connectivity index is 2.12. The van der Waals surface area contributed by atoms with E-state index in [-0.39, 0.29) is 11.9 Å². The van der Waals surface area contributed by atoms with E-state index in [0.29, 0.717) is 15.7 Å². The molecule has 100 valence electrons. The van der Waals surface area contributed by atoms with Crippen molar-refractivity contribution in [3.8, 4) is 0 Å². The number of carbonyl (C=O) groups is 1. The highest BCUT2D eigenvalue weighted by Crippen LogP contribution is 2.26. The maximum atomic E-state index is 12.1. The number of thiophene rings is 1. The van der Waals surface area contributed by atoms with Gasteiger partial charge < -0.3 is 11.1 Å². The Morgan fingerprint density at radius 1 is 1.47 bits per heavy atom. The van der Waals surface area contributed by atoms with Crippen molar-refractivity contribution in [1.82, 2.24) is 10.3 Å². The first kappa shape index (κ1) is 13.8. The van der Waals surface area contributed by atoms with Crippen LogP contribution in [0.15, 0.2) is 24.3 Å². The minimum Gasteiger partial charge on any atom is -0.384 e. The van der Waals surface area contributed by atoms with Crippen LogP contribution in [0.2, 0.25) is 4.34 Å². The predicted molar refractivity (Wildman–Crippen MR) is 78.6 cm³/mol. The summed E-state index contributed by atoms with van der Waals surface area (Å²) < 4.78 is 0.708. The number of rotatable bonds is 3. The van der Waals surface area contributed by atoms with Crippen molar-refractivity contribution in [2.24, 2.45) is 0 Å². The predicted octanol–water partition coefficient (Wildman–Crippen LogP) is 3.18. The summed E-state index contributed by atoms with van der Waals surface area (Å²) in [4.78, 5) is 17.2. The molecule has 0 bridgehead atoms.